The zero-order valence-electron chi connectivity index (χ0n) is 14.1. The number of aromatic nitrogens is 1. The van der Waals surface area contributed by atoms with Crippen molar-refractivity contribution in [3.63, 3.8) is 0 Å². The predicted molar refractivity (Wildman–Crippen MR) is 94.7 cm³/mol. The van der Waals surface area contributed by atoms with E-state index in [-0.39, 0.29) is 24.9 Å². The lowest BCUT2D eigenvalue weighted by molar-refractivity contribution is -0.184. The molecule has 0 aliphatic carbocycles. The number of benzene rings is 1. The number of piperidine rings is 1. The normalized spacial score (nSPS) is 19.0. The van der Waals surface area contributed by atoms with Crippen LogP contribution in [0.2, 0.25) is 0 Å². The maximum atomic E-state index is 13.0. The SMILES string of the molecule is CC(C)n1cc(C(=O)N2CCCC(C(F)(F)F)C2)c2ccc(Br)cc21. The lowest BCUT2D eigenvalue weighted by Gasteiger charge is -2.33. The maximum Gasteiger partial charge on any atom is 0.393 e. The van der Waals surface area contributed by atoms with E-state index < -0.39 is 12.1 Å². The molecule has 1 atom stereocenters. The average molecular weight is 417 g/mol. The highest BCUT2D eigenvalue weighted by Gasteiger charge is 2.43. The summed E-state index contributed by atoms with van der Waals surface area (Å²) in [5.41, 5.74) is 1.37. The fraction of sp³-hybridized carbons (Fsp3) is 0.500. The molecular weight excluding hydrogens is 397 g/mol. The van der Waals surface area contributed by atoms with Crippen LogP contribution >= 0.6 is 15.9 Å². The molecular formula is C18H20BrF3N2O. The van der Waals surface area contributed by atoms with Crippen molar-refractivity contribution in [1.82, 2.24) is 9.47 Å². The lowest BCUT2D eigenvalue weighted by atomic mass is 9.97. The number of alkyl halides is 3. The zero-order valence-corrected chi connectivity index (χ0v) is 15.7. The number of rotatable bonds is 2. The highest BCUT2D eigenvalue weighted by molar-refractivity contribution is 9.10. The minimum Gasteiger partial charge on any atom is -0.344 e. The standard InChI is InChI=1S/C18H20BrF3N2O/c1-11(2)24-10-15(14-6-5-13(19)8-16(14)24)17(25)23-7-3-4-12(9-23)18(20,21)22/h5-6,8,10-12H,3-4,7,9H2,1-2H3. The van der Waals surface area contributed by atoms with Crippen LogP contribution in [0.1, 0.15) is 43.1 Å². The number of hydrogen-bond acceptors (Lipinski definition) is 1. The number of likely N-dealkylation sites (tertiary alicyclic amines) is 1. The van der Waals surface area contributed by atoms with Gasteiger partial charge in [0.1, 0.15) is 0 Å². The molecule has 7 heteroatoms. The molecule has 0 saturated carbocycles. The van der Waals surface area contributed by atoms with Crippen LogP contribution in [-0.2, 0) is 0 Å². The van der Waals surface area contributed by atoms with Gasteiger partial charge in [-0.2, -0.15) is 13.2 Å². The Morgan fingerprint density at radius 1 is 1.32 bits per heavy atom. The lowest BCUT2D eigenvalue weighted by Crippen LogP contribution is -2.44. The Balaban J connectivity index is 1.97. The Morgan fingerprint density at radius 3 is 2.68 bits per heavy atom. The van der Waals surface area contributed by atoms with Gasteiger partial charge in [0, 0.05) is 35.2 Å². The fourth-order valence-corrected chi connectivity index (χ4v) is 3.77. The van der Waals surface area contributed by atoms with Gasteiger partial charge < -0.3 is 9.47 Å². The molecule has 0 radical (unpaired) electrons. The summed E-state index contributed by atoms with van der Waals surface area (Å²) in [7, 11) is 0. The summed E-state index contributed by atoms with van der Waals surface area (Å²) in [4.78, 5) is 14.3. The molecule has 2 heterocycles. The average Bonchev–Trinajstić information content (AvgIpc) is 2.92. The van der Waals surface area contributed by atoms with Gasteiger partial charge in [-0.05, 0) is 38.8 Å². The van der Waals surface area contributed by atoms with E-state index in [1.807, 2.05) is 36.6 Å². The van der Waals surface area contributed by atoms with E-state index in [2.05, 4.69) is 15.9 Å². The molecule has 1 aromatic heterocycles. The first kappa shape index (κ1) is 18.3. The van der Waals surface area contributed by atoms with Crippen LogP contribution in [0.5, 0.6) is 0 Å². The Kier molecular flexibility index (Phi) is 4.88. The summed E-state index contributed by atoms with van der Waals surface area (Å²) in [6.07, 6.45) is -2.02. The summed E-state index contributed by atoms with van der Waals surface area (Å²) < 4.78 is 42.0. The summed E-state index contributed by atoms with van der Waals surface area (Å²) in [5, 5.41) is 0.774. The van der Waals surface area contributed by atoms with Gasteiger partial charge >= 0.3 is 6.18 Å². The van der Waals surface area contributed by atoms with Gasteiger partial charge in [-0.1, -0.05) is 22.0 Å². The molecule has 1 fully saturated rings. The van der Waals surface area contributed by atoms with Crippen LogP contribution in [0.15, 0.2) is 28.9 Å². The van der Waals surface area contributed by atoms with E-state index in [0.717, 1.165) is 15.4 Å². The van der Waals surface area contributed by atoms with E-state index in [1.165, 1.54) is 4.90 Å². The van der Waals surface area contributed by atoms with Gasteiger partial charge in [-0.3, -0.25) is 4.79 Å². The first-order valence-corrected chi connectivity index (χ1v) is 9.14. The van der Waals surface area contributed by atoms with Crippen LogP contribution in [0.3, 0.4) is 0 Å². The van der Waals surface area contributed by atoms with E-state index in [9.17, 15) is 18.0 Å². The van der Waals surface area contributed by atoms with Gasteiger partial charge in [0.05, 0.1) is 17.0 Å². The van der Waals surface area contributed by atoms with Crippen molar-refractivity contribution in [2.75, 3.05) is 13.1 Å². The molecule has 0 bridgehead atoms. The van der Waals surface area contributed by atoms with Gasteiger partial charge in [-0.25, -0.2) is 0 Å². The summed E-state index contributed by atoms with van der Waals surface area (Å²) in [5.74, 6) is -1.75. The van der Waals surface area contributed by atoms with Crippen molar-refractivity contribution >= 4 is 32.7 Å². The van der Waals surface area contributed by atoms with Gasteiger partial charge in [0.25, 0.3) is 5.91 Å². The number of amides is 1. The minimum atomic E-state index is -4.25. The molecule has 0 spiro atoms. The van der Waals surface area contributed by atoms with Crippen LogP contribution in [-0.4, -0.2) is 34.6 Å². The molecule has 1 aliphatic rings. The Hall–Kier alpha value is -1.50. The highest BCUT2D eigenvalue weighted by Crippen LogP contribution is 2.35. The fourth-order valence-electron chi connectivity index (χ4n) is 3.42. The minimum absolute atomic E-state index is 0.0913. The second-order valence-electron chi connectivity index (χ2n) is 6.84. The zero-order chi connectivity index (χ0) is 18.4. The number of halogens is 4. The van der Waals surface area contributed by atoms with Crippen LogP contribution in [0.25, 0.3) is 10.9 Å². The quantitative estimate of drug-likeness (QED) is 0.643. The third-order valence-corrected chi connectivity index (χ3v) is 5.25. The Labute approximate surface area is 152 Å². The van der Waals surface area contributed by atoms with Crippen molar-refractivity contribution in [3.8, 4) is 0 Å². The molecule has 25 heavy (non-hydrogen) atoms. The molecule has 3 rings (SSSR count). The molecule has 1 aromatic carbocycles. The van der Waals surface area contributed by atoms with Gasteiger partial charge in [-0.15, -0.1) is 0 Å². The highest BCUT2D eigenvalue weighted by atomic mass is 79.9. The number of carbonyl (C=O) groups excluding carboxylic acids is 1. The summed E-state index contributed by atoms with van der Waals surface area (Å²) in [6, 6.07) is 5.76. The molecule has 1 aliphatic heterocycles. The predicted octanol–water partition coefficient (Wildman–Crippen LogP) is 5.40. The third-order valence-electron chi connectivity index (χ3n) is 4.75. The van der Waals surface area contributed by atoms with Gasteiger partial charge in [0.15, 0.2) is 0 Å². The second-order valence-corrected chi connectivity index (χ2v) is 7.75. The monoisotopic (exact) mass is 416 g/mol. The smallest absolute Gasteiger partial charge is 0.344 e. The van der Waals surface area contributed by atoms with Crippen molar-refractivity contribution in [1.29, 1.82) is 0 Å². The number of nitrogens with zero attached hydrogens (tertiary/aromatic N) is 2. The summed E-state index contributed by atoms with van der Waals surface area (Å²) in [6.45, 7) is 4.13. The molecule has 1 saturated heterocycles. The topological polar surface area (TPSA) is 25.2 Å². The second kappa shape index (κ2) is 6.67. The molecule has 0 N–H and O–H groups in total. The first-order valence-electron chi connectivity index (χ1n) is 8.34. The maximum absolute atomic E-state index is 13.0. The van der Waals surface area contributed by atoms with Crippen LogP contribution in [0, 0.1) is 5.92 Å². The molecule has 1 unspecified atom stereocenters. The van der Waals surface area contributed by atoms with E-state index in [1.54, 1.807) is 6.20 Å². The van der Waals surface area contributed by atoms with Crippen molar-refractivity contribution < 1.29 is 18.0 Å². The number of carbonyl (C=O) groups is 1. The first-order chi connectivity index (χ1) is 11.7. The molecule has 3 nitrogen and oxygen atoms in total. The van der Waals surface area contributed by atoms with Gasteiger partial charge in [0.2, 0.25) is 0 Å². The Bertz CT molecular complexity index is 797. The third kappa shape index (κ3) is 3.57. The molecule has 136 valence electrons. The Morgan fingerprint density at radius 2 is 2.04 bits per heavy atom. The van der Waals surface area contributed by atoms with Crippen LogP contribution < -0.4 is 0 Å². The largest absolute Gasteiger partial charge is 0.393 e. The molecule has 1 amide bonds. The van der Waals surface area contributed by atoms with E-state index in [4.69, 9.17) is 0 Å². The molecule has 2 aromatic rings. The van der Waals surface area contributed by atoms with E-state index >= 15 is 0 Å². The van der Waals surface area contributed by atoms with Crippen molar-refractivity contribution in [2.24, 2.45) is 5.92 Å². The van der Waals surface area contributed by atoms with Crippen molar-refractivity contribution in [3.05, 3.63) is 34.4 Å². The van der Waals surface area contributed by atoms with E-state index in [0.29, 0.717) is 18.5 Å². The van der Waals surface area contributed by atoms with Crippen molar-refractivity contribution in [2.45, 2.75) is 38.9 Å². The number of fused-ring (bicyclic) bond motifs is 1. The number of hydrogen-bond donors (Lipinski definition) is 0. The van der Waals surface area contributed by atoms with Crippen LogP contribution in [0.4, 0.5) is 13.2 Å². The summed E-state index contributed by atoms with van der Waals surface area (Å²) >= 11 is 3.43.